The molecule has 184 valence electrons. The van der Waals surface area contributed by atoms with Gasteiger partial charge in [-0.05, 0) is 81.1 Å². The molecule has 1 N–H and O–H groups in total. The van der Waals surface area contributed by atoms with Crippen LogP contribution in [0.1, 0.15) is 11.1 Å². The zero-order chi connectivity index (χ0) is 25.5. The molecule has 0 fully saturated rings. The molecule has 0 saturated carbocycles. The normalized spacial score (nSPS) is 10.6. The summed E-state index contributed by atoms with van der Waals surface area (Å²) < 4.78 is 11.2. The first-order valence-corrected chi connectivity index (χ1v) is 13.5. The van der Waals surface area contributed by atoms with E-state index in [1.807, 2.05) is 0 Å². The first-order valence-electron chi connectivity index (χ1n) is 11.7. The molecule has 4 nitrogen and oxygen atoms in total. The maximum atomic E-state index is 10.7. The van der Waals surface area contributed by atoms with Gasteiger partial charge in [0.2, 0.25) is 0 Å². The molecular weight excluding hydrogens is 500 g/mol. The van der Waals surface area contributed by atoms with Gasteiger partial charge >= 0.3 is 5.97 Å². The van der Waals surface area contributed by atoms with Crippen LogP contribution >= 0.6 is 22.7 Å². The predicted molar refractivity (Wildman–Crippen MR) is 152 cm³/mol. The van der Waals surface area contributed by atoms with E-state index in [4.69, 9.17) is 14.6 Å². The summed E-state index contributed by atoms with van der Waals surface area (Å²) in [4.78, 5) is 13.2. The van der Waals surface area contributed by atoms with Crippen LogP contribution in [0.2, 0.25) is 0 Å². The smallest absolute Gasteiger partial charge is 0.341 e. The summed E-state index contributed by atoms with van der Waals surface area (Å²) in [5.74, 6) is 0.159. The van der Waals surface area contributed by atoms with Gasteiger partial charge in [0.1, 0.15) is 18.1 Å². The molecule has 0 aliphatic heterocycles. The fraction of sp³-hybridized carbons (Fsp3) is 0.0645. The van der Waals surface area contributed by atoms with Crippen LogP contribution in [0.3, 0.4) is 0 Å². The van der Waals surface area contributed by atoms with Crippen molar-refractivity contribution in [3.63, 3.8) is 0 Å². The van der Waals surface area contributed by atoms with Crippen molar-refractivity contribution in [2.75, 3.05) is 13.2 Å². The lowest BCUT2D eigenvalue weighted by atomic mass is 9.95. The summed E-state index contributed by atoms with van der Waals surface area (Å²) in [6.07, 6.45) is 2.09. The lowest BCUT2D eigenvalue weighted by Crippen LogP contribution is -2.09. The van der Waals surface area contributed by atoms with Crippen molar-refractivity contribution >= 4 is 34.2 Å². The van der Waals surface area contributed by atoms with Crippen molar-refractivity contribution in [2.24, 2.45) is 0 Å². The van der Waals surface area contributed by atoms with E-state index in [1.54, 1.807) is 46.9 Å². The van der Waals surface area contributed by atoms with Crippen LogP contribution in [-0.2, 0) is 4.79 Å². The van der Waals surface area contributed by atoms with Crippen molar-refractivity contribution in [2.45, 2.75) is 0 Å². The van der Waals surface area contributed by atoms with E-state index < -0.39 is 5.97 Å². The molecule has 5 aromatic rings. The van der Waals surface area contributed by atoms with E-state index in [1.165, 1.54) is 20.9 Å². The van der Waals surface area contributed by atoms with Gasteiger partial charge in [0.15, 0.2) is 6.61 Å². The molecule has 0 aliphatic rings. The number of carboxylic acids is 1. The standard InChI is InChI=1S/C31H24O4S2/c32-31(33)21-35-27-15-13-26(14-16-27)34-18-17-28(22-5-9-24(10-6-22)29-3-1-19-36-29)23-7-11-25(12-8-23)30-4-2-20-37-30/h1-17,19-20H,18,21H2,(H,32,33). The second kappa shape index (κ2) is 11.7. The topological polar surface area (TPSA) is 55.8 Å². The number of aliphatic carboxylic acids is 1. The van der Waals surface area contributed by atoms with Gasteiger partial charge in [-0.3, -0.25) is 0 Å². The molecule has 0 spiro atoms. The molecule has 37 heavy (non-hydrogen) atoms. The summed E-state index contributed by atoms with van der Waals surface area (Å²) in [5, 5.41) is 12.9. The van der Waals surface area contributed by atoms with E-state index in [9.17, 15) is 4.79 Å². The number of carboxylic acid groups (broad SMARTS) is 1. The molecule has 2 heterocycles. The van der Waals surface area contributed by atoms with Gasteiger partial charge in [0.05, 0.1) is 0 Å². The molecule has 0 saturated heterocycles. The van der Waals surface area contributed by atoms with E-state index >= 15 is 0 Å². The number of hydrogen-bond acceptors (Lipinski definition) is 5. The van der Waals surface area contributed by atoms with Gasteiger partial charge in [-0.1, -0.05) is 60.7 Å². The molecule has 0 atom stereocenters. The average Bonchev–Trinajstić information content (AvgIpc) is 3.66. The van der Waals surface area contributed by atoms with Crippen molar-refractivity contribution in [1.29, 1.82) is 0 Å². The van der Waals surface area contributed by atoms with Crippen molar-refractivity contribution in [1.82, 2.24) is 0 Å². The zero-order valence-electron chi connectivity index (χ0n) is 19.9. The first-order chi connectivity index (χ1) is 18.2. The van der Waals surface area contributed by atoms with Gasteiger partial charge < -0.3 is 14.6 Å². The van der Waals surface area contributed by atoms with Crippen LogP contribution < -0.4 is 9.47 Å². The fourth-order valence-electron chi connectivity index (χ4n) is 3.91. The highest BCUT2D eigenvalue weighted by Crippen LogP contribution is 2.31. The van der Waals surface area contributed by atoms with Gasteiger partial charge in [-0.2, -0.15) is 0 Å². The molecule has 0 aliphatic carbocycles. The Morgan fingerprint density at radius 2 is 1.16 bits per heavy atom. The summed E-state index contributed by atoms with van der Waals surface area (Å²) >= 11 is 3.46. The van der Waals surface area contributed by atoms with Crippen molar-refractivity contribution < 1.29 is 19.4 Å². The average molecular weight is 525 g/mol. The molecule has 0 unspecified atom stereocenters. The Morgan fingerprint density at radius 3 is 1.59 bits per heavy atom. The molecule has 0 radical (unpaired) electrons. The third-order valence-corrected chi connectivity index (χ3v) is 7.56. The number of rotatable bonds is 10. The third-order valence-electron chi connectivity index (χ3n) is 5.73. The largest absolute Gasteiger partial charge is 0.490 e. The van der Waals surface area contributed by atoms with Gasteiger partial charge in [-0.25, -0.2) is 4.79 Å². The molecule has 2 aromatic heterocycles. The number of ether oxygens (including phenoxy) is 2. The Kier molecular flexibility index (Phi) is 7.79. The summed E-state index contributed by atoms with van der Waals surface area (Å²) in [6, 6.07) is 32.6. The molecule has 5 rings (SSSR count). The van der Waals surface area contributed by atoms with Crippen LogP contribution in [0.4, 0.5) is 0 Å². The second-order valence-corrected chi connectivity index (χ2v) is 10.1. The lowest BCUT2D eigenvalue weighted by Gasteiger charge is -2.12. The molecular formula is C31H24O4S2. The highest BCUT2D eigenvalue weighted by atomic mass is 32.1. The van der Waals surface area contributed by atoms with Crippen molar-refractivity contribution in [3.05, 3.63) is 125 Å². The van der Waals surface area contributed by atoms with Gasteiger partial charge in [0.25, 0.3) is 0 Å². The Morgan fingerprint density at radius 1 is 0.676 bits per heavy atom. The Bertz CT molecular complexity index is 1370. The molecule has 0 amide bonds. The summed E-state index contributed by atoms with van der Waals surface area (Å²) in [6.45, 7) is 0.00681. The molecule has 3 aromatic carbocycles. The van der Waals surface area contributed by atoms with Crippen LogP contribution in [0.15, 0.2) is 114 Å². The second-order valence-electron chi connectivity index (χ2n) is 8.19. The predicted octanol–water partition coefficient (Wildman–Crippen LogP) is 8.12. The minimum absolute atomic E-state index is 0.372. The van der Waals surface area contributed by atoms with Crippen LogP contribution in [0.25, 0.3) is 26.5 Å². The van der Waals surface area contributed by atoms with E-state index in [0.717, 1.165) is 16.7 Å². The van der Waals surface area contributed by atoms with Crippen molar-refractivity contribution in [3.8, 4) is 32.4 Å². The number of thiophene rings is 2. The van der Waals surface area contributed by atoms with E-state index in [0.29, 0.717) is 18.1 Å². The Labute approximate surface area is 223 Å². The number of carbonyl (C=O) groups is 1. The summed E-state index contributed by atoms with van der Waals surface area (Å²) in [7, 11) is 0. The minimum Gasteiger partial charge on any atom is -0.490 e. The highest BCUT2D eigenvalue weighted by Gasteiger charge is 2.08. The Hall–Kier alpha value is -4.13. The monoisotopic (exact) mass is 524 g/mol. The number of benzene rings is 3. The zero-order valence-corrected chi connectivity index (χ0v) is 21.5. The molecule has 0 bridgehead atoms. The minimum atomic E-state index is -1.01. The first kappa shape index (κ1) is 24.6. The third kappa shape index (κ3) is 6.36. The highest BCUT2D eigenvalue weighted by molar-refractivity contribution is 7.13. The maximum absolute atomic E-state index is 10.7. The molecule has 6 heteroatoms. The van der Waals surface area contributed by atoms with Gasteiger partial charge in [0, 0.05) is 9.75 Å². The van der Waals surface area contributed by atoms with Crippen LogP contribution in [0.5, 0.6) is 11.5 Å². The lowest BCUT2D eigenvalue weighted by molar-refractivity contribution is -0.139. The Balaban J connectivity index is 1.36. The fourth-order valence-corrected chi connectivity index (χ4v) is 5.38. The van der Waals surface area contributed by atoms with Gasteiger partial charge in [-0.15, -0.1) is 22.7 Å². The SMILES string of the molecule is O=C(O)COc1ccc(OCC=C(c2ccc(-c3cccs3)cc2)c2ccc(-c3cccs3)cc2)cc1. The quantitative estimate of drug-likeness (QED) is 0.200. The van der Waals surface area contributed by atoms with Crippen LogP contribution in [0, 0.1) is 0 Å². The van der Waals surface area contributed by atoms with E-state index in [2.05, 4.69) is 89.6 Å². The number of hydrogen-bond donors (Lipinski definition) is 1. The summed E-state index contributed by atoms with van der Waals surface area (Å²) in [5.41, 5.74) is 5.73. The van der Waals surface area contributed by atoms with E-state index in [-0.39, 0.29) is 6.61 Å². The van der Waals surface area contributed by atoms with Crippen LogP contribution in [-0.4, -0.2) is 24.3 Å². The maximum Gasteiger partial charge on any atom is 0.341 e.